The maximum Gasteiger partial charge on any atom is 0.159 e. The first kappa shape index (κ1) is 11.6. The van der Waals surface area contributed by atoms with Gasteiger partial charge in [0.15, 0.2) is 5.78 Å². The van der Waals surface area contributed by atoms with E-state index in [1.165, 1.54) is 6.92 Å². The van der Waals surface area contributed by atoms with Crippen LogP contribution in [0.4, 0.5) is 0 Å². The van der Waals surface area contributed by atoms with E-state index in [0.29, 0.717) is 12.0 Å². The molecule has 0 fully saturated rings. The van der Waals surface area contributed by atoms with Crippen LogP contribution < -0.4 is 0 Å². The van der Waals surface area contributed by atoms with Crippen molar-refractivity contribution in [2.24, 2.45) is 5.92 Å². The fourth-order valence-electron chi connectivity index (χ4n) is 1.26. The Bertz CT molecular complexity index is 361. The van der Waals surface area contributed by atoms with Gasteiger partial charge in [-0.15, -0.1) is 0 Å². The normalized spacial score (nSPS) is 10.4. The van der Waals surface area contributed by atoms with Gasteiger partial charge in [-0.2, -0.15) is 0 Å². The van der Waals surface area contributed by atoms with Crippen LogP contribution in [0.2, 0.25) is 0 Å². The van der Waals surface area contributed by atoms with E-state index in [-0.39, 0.29) is 17.5 Å². The summed E-state index contributed by atoms with van der Waals surface area (Å²) in [6.45, 7) is 5.33. The monoisotopic (exact) mass is 204 g/mol. The molecule has 0 amide bonds. The Hall–Kier alpha value is -1.44. The van der Waals surface area contributed by atoms with Crippen LogP contribution >= 0.6 is 0 Å². The third-order valence-corrected chi connectivity index (χ3v) is 2.38. The summed E-state index contributed by atoms with van der Waals surface area (Å²) in [4.78, 5) is 22.5. The molecule has 0 saturated heterocycles. The van der Waals surface area contributed by atoms with Gasteiger partial charge in [-0.05, 0) is 12.5 Å². The van der Waals surface area contributed by atoms with E-state index >= 15 is 0 Å². The molecule has 0 aliphatic rings. The second-order valence-corrected chi connectivity index (χ2v) is 4.05. The van der Waals surface area contributed by atoms with E-state index in [1.54, 1.807) is 12.1 Å². The molecule has 2 nitrogen and oxygen atoms in total. The van der Waals surface area contributed by atoms with Crippen molar-refractivity contribution in [3.8, 4) is 0 Å². The molecule has 15 heavy (non-hydrogen) atoms. The molecule has 2 heteroatoms. The molecule has 1 aromatic rings. The SMILES string of the molecule is CC(=O)c1ccc(CC(=O)C(C)C)cc1. The quantitative estimate of drug-likeness (QED) is 0.706. The number of benzene rings is 1. The van der Waals surface area contributed by atoms with Crippen LogP contribution in [0.3, 0.4) is 0 Å². The summed E-state index contributed by atoms with van der Waals surface area (Å²) in [5.41, 5.74) is 1.66. The molecule has 0 radical (unpaired) electrons. The number of ketones is 2. The summed E-state index contributed by atoms with van der Waals surface area (Å²) in [6.07, 6.45) is 0.454. The Kier molecular flexibility index (Phi) is 3.78. The zero-order chi connectivity index (χ0) is 11.4. The molecule has 0 bridgehead atoms. The highest BCUT2D eigenvalue weighted by Crippen LogP contribution is 2.08. The van der Waals surface area contributed by atoms with Crippen LogP contribution in [0.15, 0.2) is 24.3 Å². The smallest absolute Gasteiger partial charge is 0.159 e. The van der Waals surface area contributed by atoms with E-state index < -0.39 is 0 Å². The average Bonchev–Trinajstić information content (AvgIpc) is 2.18. The Morgan fingerprint density at radius 2 is 1.67 bits per heavy atom. The van der Waals surface area contributed by atoms with Gasteiger partial charge in [-0.1, -0.05) is 38.1 Å². The lowest BCUT2D eigenvalue weighted by atomic mass is 10.00. The lowest BCUT2D eigenvalue weighted by Gasteiger charge is -2.04. The van der Waals surface area contributed by atoms with Crippen LogP contribution in [0, 0.1) is 5.92 Å². The van der Waals surface area contributed by atoms with E-state index in [2.05, 4.69) is 0 Å². The van der Waals surface area contributed by atoms with Gasteiger partial charge in [-0.3, -0.25) is 9.59 Å². The van der Waals surface area contributed by atoms with Crippen molar-refractivity contribution in [1.29, 1.82) is 0 Å². The Morgan fingerprint density at radius 1 is 1.13 bits per heavy atom. The molecule has 0 spiro atoms. The first-order valence-electron chi connectivity index (χ1n) is 5.13. The summed E-state index contributed by atoms with van der Waals surface area (Å²) in [6, 6.07) is 7.23. The Morgan fingerprint density at radius 3 is 2.07 bits per heavy atom. The minimum Gasteiger partial charge on any atom is -0.299 e. The van der Waals surface area contributed by atoms with Gasteiger partial charge in [0, 0.05) is 17.9 Å². The van der Waals surface area contributed by atoms with Crippen LogP contribution in [-0.2, 0) is 11.2 Å². The number of rotatable bonds is 4. The lowest BCUT2D eigenvalue weighted by Crippen LogP contribution is -2.10. The number of hydrogen-bond acceptors (Lipinski definition) is 2. The zero-order valence-corrected chi connectivity index (χ0v) is 9.41. The van der Waals surface area contributed by atoms with Gasteiger partial charge >= 0.3 is 0 Å². The lowest BCUT2D eigenvalue weighted by molar-refractivity contribution is -0.121. The fourth-order valence-corrected chi connectivity index (χ4v) is 1.26. The van der Waals surface area contributed by atoms with Gasteiger partial charge < -0.3 is 0 Å². The number of hydrogen-bond donors (Lipinski definition) is 0. The predicted octanol–water partition coefficient (Wildman–Crippen LogP) is 2.66. The summed E-state index contributed by atoms with van der Waals surface area (Å²) in [5, 5.41) is 0. The van der Waals surface area contributed by atoms with Crippen molar-refractivity contribution in [1.82, 2.24) is 0 Å². The predicted molar refractivity (Wildman–Crippen MR) is 60.0 cm³/mol. The molecule has 1 aromatic carbocycles. The molecular formula is C13H16O2. The number of Topliss-reactive ketones (excluding diaryl/α,β-unsaturated/α-hetero) is 2. The van der Waals surface area contributed by atoms with Crippen molar-refractivity contribution in [3.05, 3.63) is 35.4 Å². The minimum atomic E-state index is 0.0525. The Balaban J connectivity index is 2.73. The third-order valence-electron chi connectivity index (χ3n) is 2.38. The van der Waals surface area contributed by atoms with Crippen LogP contribution in [0.5, 0.6) is 0 Å². The second-order valence-electron chi connectivity index (χ2n) is 4.05. The van der Waals surface area contributed by atoms with Gasteiger partial charge in [0.25, 0.3) is 0 Å². The van der Waals surface area contributed by atoms with Gasteiger partial charge in [0.1, 0.15) is 5.78 Å². The molecular weight excluding hydrogens is 188 g/mol. The molecule has 80 valence electrons. The molecule has 0 N–H and O–H groups in total. The van der Waals surface area contributed by atoms with Crippen molar-refractivity contribution in [2.75, 3.05) is 0 Å². The highest BCUT2D eigenvalue weighted by atomic mass is 16.1. The topological polar surface area (TPSA) is 34.1 Å². The van der Waals surface area contributed by atoms with Crippen LogP contribution in [0.25, 0.3) is 0 Å². The van der Waals surface area contributed by atoms with E-state index in [9.17, 15) is 9.59 Å². The van der Waals surface area contributed by atoms with Crippen LogP contribution in [-0.4, -0.2) is 11.6 Å². The summed E-state index contributed by atoms with van der Waals surface area (Å²) >= 11 is 0. The maximum atomic E-state index is 11.5. The molecule has 0 heterocycles. The first-order valence-corrected chi connectivity index (χ1v) is 5.13. The summed E-state index contributed by atoms with van der Waals surface area (Å²) in [5.74, 6) is 0.347. The molecule has 0 unspecified atom stereocenters. The third kappa shape index (κ3) is 3.31. The van der Waals surface area contributed by atoms with E-state index in [0.717, 1.165) is 5.56 Å². The average molecular weight is 204 g/mol. The van der Waals surface area contributed by atoms with E-state index in [1.807, 2.05) is 26.0 Å². The van der Waals surface area contributed by atoms with Crippen molar-refractivity contribution in [3.63, 3.8) is 0 Å². The Labute approximate surface area is 90.3 Å². The van der Waals surface area contributed by atoms with Crippen molar-refractivity contribution < 1.29 is 9.59 Å². The van der Waals surface area contributed by atoms with Gasteiger partial charge in [0.05, 0.1) is 0 Å². The molecule has 0 aliphatic carbocycles. The molecule has 0 aliphatic heterocycles. The molecule has 0 aromatic heterocycles. The standard InChI is InChI=1S/C13H16O2/c1-9(2)13(15)8-11-4-6-12(7-5-11)10(3)14/h4-7,9H,8H2,1-3H3. The molecule has 0 saturated carbocycles. The van der Waals surface area contributed by atoms with Gasteiger partial charge in [-0.25, -0.2) is 0 Å². The zero-order valence-electron chi connectivity index (χ0n) is 9.41. The number of carbonyl (C=O) groups is 2. The first-order chi connectivity index (χ1) is 7.00. The summed E-state index contributed by atoms with van der Waals surface area (Å²) in [7, 11) is 0. The maximum absolute atomic E-state index is 11.5. The van der Waals surface area contributed by atoms with E-state index in [4.69, 9.17) is 0 Å². The minimum absolute atomic E-state index is 0.0525. The van der Waals surface area contributed by atoms with Crippen molar-refractivity contribution in [2.45, 2.75) is 27.2 Å². The molecule has 0 atom stereocenters. The van der Waals surface area contributed by atoms with Gasteiger partial charge in [0.2, 0.25) is 0 Å². The molecule has 1 rings (SSSR count). The highest BCUT2D eigenvalue weighted by Gasteiger charge is 2.08. The number of carbonyl (C=O) groups excluding carboxylic acids is 2. The highest BCUT2D eigenvalue weighted by molar-refractivity contribution is 5.94. The fraction of sp³-hybridized carbons (Fsp3) is 0.385. The summed E-state index contributed by atoms with van der Waals surface area (Å²) < 4.78 is 0. The van der Waals surface area contributed by atoms with Crippen LogP contribution in [0.1, 0.15) is 36.7 Å². The second kappa shape index (κ2) is 4.87. The largest absolute Gasteiger partial charge is 0.299 e. The van der Waals surface area contributed by atoms with Crippen molar-refractivity contribution >= 4 is 11.6 Å².